The summed E-state index contributed by atoms with van der Waals surface area (Å²) in [5.74, 6) is 0.478. The van der Waals surface area contributed by atoms with Crippen molar-refractivity contribution in [1.29, 1.82) is 0 Å². The van der Waals surface area contributed by atoms with Gasteiger partial charge in [-0.2, -0.15) is 0 Å². The van der Waals surface area contributed by atoms with Crippen molar-refractivity contribution in [3.63, 3.8) is 0 Å². The summed E-state index contributed by atoms with van der Waals surface area (Å²) >= 11 is 6.29. The first kappa shape index (κ1) is 19.0. The van der Waals surface area contributed by atoms with Crippen molar-refractivity contribution in [3.05, 3.63) is 88.9 Å². The average Bonchev–Trinajstić information content (AvgIpc) is 2.86. The molecule has 0 radical (unpaired) electrons. The summed E-state index contributed by atoms with van der Waals surface area (Å²) in [6, 6.07) is 22.3. The lowest BCUT2D eigenvalue weighted by Gasteiger charge is -2.29. The Morgan fingerprint density at radius 2 is 1.79 bits per heavy atom. The topological polar surface area (TPSA) is 67.9 Å². The van der Waals surface area contributed by atoms with Gasteiger partial charge in [-0.25, -0.2) is 0 Å². The van der Waals surface area contributed by atoms with Crippen LogP contribution in [0.3, 0.4) is 0 Å². The lowest BCUT2D eigenvalue weighted by atomic mass is 10.00. The van der Waals surface area contributed by atoms with E-state index in [4.69, 9.17) is 22.1 Å². The third-order valence-electron chi connectivity index (χ3n) is 4.71. The highest BCUT2D eigenvalue weighted by Crippen LogP contribution is 2.31. The van der Waals surface area contributed by atoms with Crippen LogP contribution in [0.1, 0.15) is 18.1 Å². The highest BCUT2D eigenvalue weighted by atomic mass is 35.5. The number of hydrogen-bond acceptors (Lipinski definition) is 4. The van der Waals surface area contributed by atoms with Crippen molar-refractivity contribution in [2.24, 2.45) is 4.99 Å². The quantitative estimate of drug-likeness (QED) is 0.648. The van der Waals surface area contributed by atoms with Gasteiger partial charge < -0.3 is 10.5 Å². The van der Waals surface area contributed by atoms with Gasteiger partial charge >= 0.3 is 0 Å². The zero-order valence-electron chi connectivity index (χ0n) is 15.9. The standard InChI is InChI=1S/C23H20ClN3O2/c1-15(29-19-10-8-18(25)9-11-19)27-21-12-7-17(24)13-20(21)23(26-14-22(27)28)16-5-3-2-4-6-16/h2-13,15H,14,25H2,1H3. The van der Waals surface area contributed by atoms with Crippen LogP contribution in [0.4, 0.5) is 11.4 Å². The summed E-state index contributed by atoms with van der Waals surface area (Å²) < 4.78 is 6.03. The molecule has 2 N–H and O–H groups in total. The fourth-order valence-electron chi connectivity index (χ4n) is 3.39. The maximum Gasteiger partial charge on any atom is 0.251 e. The van der Waals surface area contributed by atoms with Crippen LogP contribution in [0, 0.1) is 0 Å². The molecule has 3 aromatic rings. The molecule has 0 saturated heterocycles. The van der Waals surface area contributed by atoms with Gasteiger partial charge in [0.2, 0.25) is 0 Å². The van der Waals surface area contributed by atoms with E-state index in [0.717, 1.165) is 16.8 Å². The number of halogens is 1. The first-order valence-electron chi connectivity index (χ1n) is 9.27. The zero-order valence-corrected chi connectivity index (χ0v) is 16.6. The number of ether oxygens (including phenoxy) is 1. The van der Waals surface area contributed by atoms with Crippen molar-refractivity contribution in [1.82, 2.24) is 0 Å². The number of aliphatic imine (C=N–C) groups is 1. The molecule has 1 heterocycles. The highest BCUT2D eigenvalue weighted by Gasteiger charge is 2.30. The van der Waals surface area contributed by atoms with Crippen LogP contribution >= 0.6 is 11.6 Å². The lowest BCUT2D eigenvalue weighted by molar-refractivity contribution is -0.118. The average molecular weight is 406 g/mol. The van der Waals surface area contributed by atoms with E-state index >= 15 is 0 Å². The molecule has 0 bridgehead atoms. The predicted molar refractivity (Wildman–Crippen MR) is 117 cm³/mol. The molecule has 1 aliphatic heterocycles. The second-order valence-electron chi connectivity index (χ2n) is 6.74. The van der Waals surface area contributed by atoms with Crippen LogP contribution in [0.15, 0.2) is 77.8 Å². The molecule has 5 nitrogen and oxygen atoms in total. The molecule has 1 unspecified atom stereocenters. The number of nitrogens with zero attached hydrogens (tertiary/aromatic N) is 2. The molecule has 1 amide bonds. The Morgan fingerprint density at radius 1 is 1.07 bits per heavy atom. The van der Waals surface area contributed by atoms with Gasteiger partial charge in [-0.05, 0) is 49.4 Å². The van der Waals surface area contributed by atoms with E-state index in [2.05, 4.69) is 4.99 Å². The minimum atomic E-state index is -0.545. The molecule has 1 atom stereocenters. The Labute approximate surface area is 174 Å². The maximum absolute atomic E-state index is 13.0. The summed E-state index contributed by atoms with van der Waals surface area (Å²) in [5.41, 5.74) is 9.56. The number of carbonyl (C=O) groups excluding carboxylic acids is 1. The van der Waals surface area contributed by atoms with Crippen LogP contribution in [-0.4, -0.2) is 24.4 Å². The summed E-state index contributed by atoms with van der Waals surface area (Å²) in [4.78, 5) is 19.2. The van der Waals surface area contributed by atoms with Gasteiger partial charge in [-0.3, -0.25) is 14.7 Å². The molecule has 0 aliphatic carbocycles. The summed E-state index contributed by atoms with van der Waals surface area (Å²) in [6.45, 7) is 1.85. The van der Waals surface area contributed by atoms with E-state index in [-0.39, 0.29) is 12.5 Å². The number of hydrogen-bond donors (Lipinski definition) is 1. The zero-order chi connectivity index (χ0) is 20.4. The molecule has 4 rings (SSSR count). The largest absolute Gasteiger partial charge is 0.470 e. The summed E-state index contributed by atoms with van der Waals surface area (Å²) in [5, 5.41) is 0.578. The molecule has 29 heavy (non-hydrogen) atoms. The Kier molecular flexibility index (Phi) is 5.23. The molecule has 0 spiro atoms. The number of rotatable bonds is 4. The monoisotopic (exact) mass is 405 g/mol. The van der Waals surface area contributed by atoms with Crippen molar-refractivity contribution < 1.29 is 9.53 Å². The summed E-state index contributed by atoms with van der Waals surface area (Å²) in [7, 11) is 0. The second-order valence-corrected chi connectivity index (χ2v) is 7.18. The molecule has 0 saturated carbocycles. The van der Waals surface area contributed by atoms with Gasteiger partial charge in [0.15, 0.2) is 6.23 Å². The number of anilines is 2. The minimum absolute atomic E-state index is 0.0198. The number of benzodiazepines with no additional fused rings is 1. The van der Waals surface area contributed by atoms with E-state index < -0.39 is 6.23 Å². The SMILES string of the molecule is CC(Oc1ccc(N)cc1)N1C(=O)CN=C(c2ccccc2)c2cc(Cl)ccc21. The smallest absolute Gasteiger partial charge is 0.251 e. The highest BCUT2D eigenvalue weighted by molar-refractivity contribution is 6.32. The van der Waals surface area contributed by atoms with Gasteiger partial charge in [-0.15, -0.1) is 0 Å². The number of nitrogens with two attached hydrogens (primary N) is 1. The minimum Gasteiger partial charge on any atom is -0.470 e. The predicted octanol–water partition coefficient (Wildman–Crippen LogP) is 4.53. The molecular formula is C23H20ClN3O2. The Morgan fingerprint density at radius 3 is 2.52 bits per heavy atom. The van der Waals surface area contributed by atoms with Crippen LogP contribution in [0.25, 0.3) is 0 Å². The van der Waals surface area contributed by atoms with Gasteiger partial charge in [0.1, 0.15) is 12.3 Å². The van der Waals surface area contributed by atoms with Crippen molar-refractivity contribution >= 4 is 34.6 Å². The number of fused-ring (bicyclic) bond motifs is 1. The van der Waals surface area contributed by atoms with Crippen molar-refractivity contribution in [2.45, 2.75) is 13.2 Å². The second kappa shape index (κ2) is 7.97. The molecular weight excluding hydrogens is 386 g/mol. The fourth-order valence-corrected chi connectivity index (χ4v) is 3.56. The molecule has 0 aromatic heterocycles. The number of amides is 1. The Hall–Kier alpha value is -3.31. The first-order chi connectivity index (χ1) is 14.0. The number of carbonyl (C=O) groups is 1. The molecule has 1 aliphatic rings. The van der Waals surface area contributed by atoms with Gasteiger partial charge in [-0.1, -0.05) is 41.9 Å². The van der Waals surface area contributed by atoms with Crippen molar-refractivity contribution in [2.75, 3.05) is 17.2 Å². The normalized spacial score (nSPS) is 14.6. The van der Waals surface area contributed by atoms with Gasteiger partial charge in [0.05, 0.1) is 11.4 Å². The van der Waals surface area contributed by atoms with Crippen LogP contribution in [0.5, 0.6) is 5.75 Å². The molecule has 0 fully saturated rings. The third-order valence-corrected chi connectivity index (χ3v) is 4.95. The maximum atomic E-state index is 13.0. The number of nitrogen functional groups attached to an aromatic ring is 1. The van der Waals surface area contributed by atoms with Crippen LogP contribution in [0.2, 0.25) is 5.02 Å². The molecule has 3 aromatic carbocycles. The van der Waals surface area contributed by atoms with Crippen molar-refractivity contribution in [3.8, 4) is 5.75 Å². The van der Waals surface area contributed by atoms with Gasteiger partial charge in [0, 0.05) is 21.8 Å². The third kappa shape index (κ3) is 3.96. The van der Waals surface area contributed by atoms with Crippen LogP contribution in [-0.2, 0) is 4.79 Å². The number of benzene rings is 3. The molecule has 146 valence electrons. The van der Waals surface area contributed by atoms with E-state index in [0.29, 0.717) is 22.1 Å². The lowest BCUT2D eigenvalue weighted by Crippen LogP contribution is -2.43. The van der Waals surface area contributed by atoms with Crippen LogP contribution < -0.4 is 15.4 Å². The molecule has 6 heteroatoms. The van der Waals surface area contributed by atoms with Gasteiger partial charge in [0.25, 0.3) is 5.91 Å². The van der Waals surface area contributed by atoms with E-state index in [1.165, 1.54) is 0 Å². The first-order valence-corrected chi connectivity index (χ1v) is 9.65. The summed E-state index contributed by atoms with van der Waals surface area (Å²) in [6.07, 6.45) is -0.545. The Balaban J connectivity index is 1.75. The van der Waals surface area contributed by atoms with E-state index in [1.54, 1.807) is 35.2 Å². The Bertz CT molecular complexity index is 1070. The van der Waals surface area contributed by atoms with E-state index in [9.17, 15) is 4.79 Å². The fraction of sp³-hybridized carbons (Fsp3) is 0.130. The van der Waals surface area contributed by atoms with E-state index in [1.807, 2.05) is 49.4 Å².